The summed E-state index contributed by atoms with van der Waals surface area (Å²) in [6, 6.07) is 13.1. The lowest BCUT2D eigenvalue weighted by Gasteiger charge is -2.16. The van der Waals surface area contributed by atoms with Gasteiger partial charge in [0.15, 0.2) is 5.82 Å². The van der Waals surface area contributed by atoms with Crippen molar-refractivity contribution in [2.45, 2.75) is 26.3 Å². The summed E-state index contributed by atoms with van der Waals surface area (Å²) in [5.41, 5.74) is 3.05. The van der Waals surface area contributed by atoms with E-state index in [0.29, 0.717) is 16.5 Å². The quantitative estimate of drug-likeness (QED) is 0.426. The van der Waals surface area contributed by atoms with Gasteiger partial charge in [-0.3, -0.25) is 0 Å². The van der Waals surface area contributed by atoms with E-state index in [1.54, 1.807) is 4.52 Å². The number of benzene rings is 2. The fourth-order valence-electron chi connectivity index (χ4n) is 3.09. The number of carboxylic acid groups (broad SMARTS) is 1. The number of aryl methyl sites for hydroxylation is 2. The lowest BCUT2D eigenvalue weighted by atomic mass is 10.1. The fraction of sp³-hybridized carbons (Fsp3) is 0.190. The van der Waals surface area contributed by atoms with E-state index in [2.05, 4.69) is 25.9 Å². The first-order chi connectivity index (χ1) is 14.9. The monoisotopic (exact) mass is 436 g/mol. The number of carbonyl (C=O) groups is 2. The first-order valence-electron chi connectivity index (χ1n) is 9.55. The molecule has 1 unspecified atom stereocenters. The van der Waals surface area contributed by atoms with Crippen LogP contribution >= 0.6 is 11.3 Å². The molecule has 158 valence electrons. The van der Waals surface area contributed by atoms with E-state index in [-0.39, 0.29) is 6.42 Å². The number of hydrogen-bond acceptors (Lipinski definition) is 6. The van der Waals surface area contributed by atoms with Gasteiger partial charge >= 0.3 is 12.0 Å². The molecule has 0 aliphatic rings. The molecule has 2 aromatic heterocycles. The minimum absolute atomic E-state index is 0.189. The summed E-state index contributed by atoms with van der Waals surface area (Å²) in [5.74, 6) is -0.403. The van der Waals surface area contributed by atoms with Gasteiger partial charge in [0, 0.05) is 17.7 Å². The Morgan fingerprint density at radius 3 is 2.61 bits per heavy atom. The number of aromatic nitrogens is 4. The van der Waals surface area contributed by atoms with Gasteiger partial charge in [0.2, 0.25) is 4.96 Å². The van der Waals surface area contributed by atoms with Gasteiger partial charge in [-0.15, -0.1) is 10.2 Å². The van der Waals surface area contributed by atoms with Gasteiger partial charge in [-0.2, -0.15) is 9.61 Å². The van der Waals surface area contributed by atoms with Crippen LogP contribution in [0.15, 0.2) is 48.5 Å². The Bertz CT molecular complexity index is 1250. The zero-order valence-corrected chi connectivity index (χ0v) is 17.7. The van der Waals surface area contributed by atoms with Crippen LogP contribution in [0.3, 0.4) is 0 Å². The molecule has 31 heavy (non-hydrogen) atoms. The van der Waals surface area contributed by atoms with E-state index in [1.165, 1.54) is 11.3 Å². The summed E-state index contributed by atoms with van der Waals surface area (Å²) in [6.45, 7) is 3.69. The number of amides is 2. The number of nitrogens with one attached hydrogen (secondary N) is 2. The molecule has 2 heterocycles. The molecule has 2 aromatic carbocycles. The maximum Gasteiger partial charge on any atom is 0.326 e. The lowest BCUT2D eigenvalue weighted by Crippen LogP contribution is -2.44. The lowest BCUT2D eigenvalue weighted by molar-refractivity contribution is -0.139. The van der Waals surface area contributed by atoms with Crippen molar-refractivity contribution in [3.8, 4) is 10.6 Å². The van der Waals surface area contributed by atoms with E-state index in [9.17, 15) is 14.7 Å². The topological polar surface area (TPSA) is 122 Å². The molecule has 10 heteroatoms. The summed E-state index contributed by atoms with van der Waals surface area (Å²) in [4.78, 5) is 24.8. The van der Waals surface area contributed by atoms with Crippen molar-refractivity contribution in [1.82, 2.24) is 25.1 Å². The number of nitrogens with zero attached hydrogens (tertiary/aromatic N) is 4. The highest BCUT2D eigenvalue weighted by atomic mass is 32.1. The van der Waals surface area contributed by atoms with Crippen LogP contribution in [0.4, 0.5) is 10.5 Å². The van der Waals surface area contributed by atoms with E-state index in [4.69, 9.17) is 0 Å². The summed E-state index contributed by atoms with van der Waals surface area (Å²) >= 11 is 1.39. The maximum absolute atomic E-state index is 12.5. The van der Waals surface area contributed by atoms with Gasteiger partial charge in [-0.05, 0) is 31.0 Å². The Hall–Kier alpha value is -3.79. The average molecular weight is 436 g/mol. The number of hydrogen-bond donors (Lipinski definition) is 3. The smallest absolute Gasteiger partial charge is 0.326 e. The van der Waals surface area contributed by atoms with Crippen molar-refractivity contribution in [2.24, 2.45) is 0 Å². The van der Waals surface area contributed by atoms with Gasteiger partial charge < -0.3 is 15.7 Å². The Labute approximate surface area is 181 Å². The third-order valence-corrected chi connectivity index (χ3v) is 5.71. The molecule has 2 amide bonds. The number of rotatable bonds is 6. The second kappa shape index (κ2) is 8.52. The second-order valence-corrected chi connectivity index (χ2v) is 8.01. The van der Waals surface area contributed by atoms with Crippen LogP contribution in [0, 0.1) is 13.8 Å². The van der Waals surface area contributed by atoms with E-state index >= 15 is 0 Å². The molecule has 0 saturated carbocycles. The van der Waals surface area contributed by atoms with Crippen LogP contribution in [0.1, 0.15) is 17.0 Å². The molecule has 9 nitrogen and oxygen atoms in total. The third kappa shape index (κ3) is 4.53. The molecule has 0 bridgehead atoms. The van der Waals surface area contributed by atoms with Crippen LogP contribution in [0.2, 0.25) is 0 Å². The van der Waals surface area contributed by atoms with Crippen molar-refractivity contribution in [2.75, 3.05) is 5.32 Å². The zero-order chi connectivity index (χ0) is 22.0. The number of urea groups is 1. The van der Waals surface area contributed by atoms with Crippen LogP contribution in [0.5, 0.6) is 0 Å². The number of fused-ring (bicyclic) bond motifs is 1. The van der Waals surface area contributed by atoms with Crippen LogP contribution in [0.25, 0.3) is 15.5 Å². The molecule has 0 aliphatic carbocycles. The summed E-state index contributed by atoms with van der Waals surface area (Å²) in [6.07, 6.45) is 0.189. The second-order valence-electron chi connectivity index (χ2n) is 7.06. The fourth-order valence-corrected chi connectivity index (χ4v) is 3.97. The van der Waals surface area contributed by atoms with Crippen molar-refractivity contribution in [1.29, 1.82) is 0 Å². The van der Waals surface area contributed by atoms with E-state index in [1.807, 2.05) is 62.4 Å². The highest BCUT2D eigenvalue weighted by Crippen LogP contribution is 2.29. The standard InChI is InChI=1S/C21H20N6O3S/c1-12-8-9-15(18-26-27-13(2)24-25-21(27)31-18)11-16(12)22-20(30)23-17(19(28)29)10-14-6-4-3-5-7-14/h3-9,11,17H,10H2,1-2H3,(H,28,29)(H2,22,23,30). The molecule has 0 saturated heterocycles. The predicted molar refractivity (Wildman–Crippen MR) is 117 cm³/mol. The third-order valence-electron chi connectivity index (χ3n) is 4.77. The van der Waals surface area contributed by atoms with Crippen molar-refractivity contribution < 1.29 is 14.7 Å². The minimum Gasteiger partial charge on any atom is -0.480 e. The number of carboxylic acids is 1. The largest absolute Gasteiger partial charge is 0.480 e. The van der Waals surface area contributed by atoms with Crippen LogP contribution in [-0.2, 0) is 11.2 Å². The molecule has 4 rings (SSSR count). The van der Waals surface area contributed by atoms with Gasteiger partial charge in [0.25, 0.3) is 0 Å². The Morgan fingerprint density at radius 2 is 1.90 bits per heavy atom. The van der Waals surface area contributed by atoms with Crippen LogP contribution in [-0.4, -0.2) is 43.0 Å². The molecule has 3 N–H and O–H groups in total. The van der Waals surface area contributed by atoms with Crippen molar-refractivity contribution >= 4 is 34.0 Å². The number of anilines is 1. The molecule has 0 radical (unpaired) electrons. The maximum atomic E-state index is 12.5. The van der Waals surface area contributed by atoms with Crippen LogP contribution < -0.4 is 10.6 Å². The summed E-state index contributed by atoms with van der Waals surface area (Å²) < 4.78 is 1.67. The van der Waals surface area contributed by atoms with Gasteiger partial charge in [0.1, 0.15) is 11.0 Å². The van der Waals surface area contributed by atoms with Crippen molar-refractivity contribution in [3.63, 3.8) is 0 Å². The SMILES string of the molecule is Cc1ccc(-c2nn3c(C)nnc3s2)cc1NC(=O)NC(Cc1ccccc1)C(=O)O. The number of aliphatic carboxylic acids is 1. The molecular weight excluding hydrogens is 416 g/mol. The normalized spacial score (nSPS) is 11.9. The predicted octanol–water partition coefficient (Wildman–Crippen LogP) is 3.29. The Kier molecular flexibility index (Phi) is 5.63. The zero-order valence-electron chi connectivity index (χ0n) is 16.9. The first-order valence-corrected chi connectivity index (χ1v) is 10.4. The molecule has 0 aliphatic heterocycles. The Balaban J connectivity index is 1.50. The molecule has 0 spiro atoms. The van der Waals surface area contributed by atoms with E-state index < -0.39 is 18.0 Å². The highest BCUT2D eigenvalue weighted by molar-refractivity contribution is 7.19. The molecule has 4 aromatic rings. The molecule has 0 fully saturated rings. The summed E-state index contributed by atoms with van der Waals surface area (Å²) in [7, 11) is 0. The highest BCUT2D eigenvalue weighted by Gasteiger charge is 2.21. The van der Waals surface area contributed by atoms with E-state index in [0.717, 1.165) is 21.7 Å². The summed E-state index contributed by atoms with van der Waals surface area (Å²) in [5, 5.41) is 28.1. The van der Waals surface area contributed by atoms with Crippen molar-refractivity contribution in [3.05, 3.63) is 65.5 Å². The number of carbonyl (C=O) groups excluding carboxylic acids is 1. The molecule has 1 atom stereocenters. The first kappa shape index (κ1) is 20.5. The van der Waals surface area contributed by atoms with Gasteiger partial charge in [0.05, 0.1) is 0 Å². The van der Waals surface area contributed by atoms with Gasteiger partial charge in [-0.1, -0.05) is 53.8 Å². The Morgan fingerprint density at radius 1 is 1.13 bits per heavy atom. The molecular formula is C21H20N6O3S. The average Bonchev–Trinajstić information content (AvgIpc) is 3.32. The minimum atomic E-state index is -1.10. The van der Waals surface area contributed by atoms with Gasteiger partial charge in [-0.25, -0.2) is 9.59 Å².